The summed E-state index contributed by atoms with van der Waals surface area (Å²) in [5, 5.41) is 9.27. The van der Waals surface area contributed by atoms with Crippen molar-refractivity contribution in [2.45, 2.75) is 12.0 Å². The second-order valence-corrected chi connectivity index (χ2v) is 6.04. The first-order valence-electron chi connectivity index (χ1n) is 8.82. The van der Waals surface area contributed by atoms with Crippen LogP contribution in [0.25, 0.3) is 0 Å². The molecule has 0 fully saturated rings. The van der Waals surface area contributed by atoms with Gasteiger partial charge in [-0.1, -0.05) is 78.9 Å². The standard InChI is InChI=1S/C23H24O3/c1-25-22-16-9-8-15-21(22)23(26-18-10-17-24,19-11-4-2-5-12-19)20-13-6-3-7-14-20/h2-9,11-16,24H,10,17-18H2,1H3. The van der Waals surface area contributed by atoms with Crippen molar-refractivity contribution in [1.29, 1.82) is 0 Å². The highest BCUT2D eigenvalue weighted by atomic mass is 16.5. The van der Waals surface area contributed by atoms with Crippen molar-refractivity contribution < 1.29 is 14.6 Å². The summed E-state index contributed by atoms with van der Waals surface area (Å²) in [7, 11) is 1.67. The minimum atomic E-state index is -0.815. The molecule has 3 aromatic rings. The molecule has 0 aliphatic heterocycles. The molecule has 0 atom stereocenters. The number of benzene rings is 3. The van der Waals surface area contributed by atoms with Gasteiger partial charge in [0.1, 0.15) is 11.4 Å². The number of hydrogen-bond acceptors (Lipinski definition) is 3. The van der Waals surface area contributed by atoms with Crippen LogP contribution in [-0.2, 0) is 10.3 Å². The lowest BCUT2D eigenvalue weighted by Gasteiger charge is -2.36. The van der Waals surface area contributed by atoms with Gasteiger partial charge in [-0.05, 0) is 23.6 Å². The summed E-state index contributed by atoms with van der Waals surface area (Å²) >= 11 is 0. The van der Waals surface area contributed by atoms with Gasteiger partial charge in [0.2, 0.25) is 0 Å². The van der Waals surface area contributed by atoms with E-state index in [4.69, 9.17) is 9.47 Å². The number of ether oxygens (including phenoxy) is 2. The van der Waals surface area contributed by atoms with E-state index in [1.165, 1.54) is 0 Å². The monoisotopic (exact) mass is 348 g/mol. The van der Waals surface area contributed by atoms with Gasteiger partial charge >= 0.3 is 0 Å². The molecule has 3 heteroatoms. The predicted molar refractivity (Wildman–Crippen MR) is 103 cm³/mol. The van der Waals surface area contributed by atoms with Gasteiger partial charge in [-0.3, -0.25) is 0 Å². The molecular weight excluding hydrogens is 324 g/mol. The average molecular weight is 348 g/mol. The van der Waals surface area contributed by atoms with Crippen molar-refractivity contribution in [3.8, 4) is 5.75 Å². The molecule has 3 rings (SSSR count). The van der Waals surface area contributed by atoms with Crippen LogP contribution in [0, 0.1) is 0 Å². The first-order chi connectivity index (χ1) is 12.8. The number of hydrogen-bond donors (Lipinski definition) is 1. The third-order valence-corrected chi connectivity index (χ3v) is 4.47. The fraction of sp³-hybridized carbons (Fsp3) is 0.217. The Bertz CT molecular complexity index is 760. The maximum Gasteiger partial charge on any atom is 0.147 e. The molecule has 0 amide bonds. The minimum Gasteiger partial charge on any atom is -0.496 e. The Morgan fingerprint density at radius 1 is 0.769 bits per heavy atom. The minimum absolute atomic E-state index is 0.0889. The fourth-order valence-corrected chi connectivity index (χ4v) is 3.29. The number of methoxy groups -OCH3 is 1. The summed E-state index contributed by atoms with van der Waals surface area (Å²) in [6, 6.07) is 28.2. The molecule has 134 valence electrons. The Labute approximate surface area is 154 Å². The SMILES string of the molecule is COc1ccccc1C(OCCCO)(c1ccccc1)c1ccccc1. The van der Waals surface area contributed by atoms with Gasteiger partial charge in [0, 0.05) is 12.2 Å². The molecule has 0 aliphatic rings. The normalized spacial score (nSPS) is 11.3. The summed E-state index contributed by atoms with van der Waals surface area (Å²) in [5.74, 6) is 0.768. The Morgan fingerprint density at radius 2 is 1.31 bits per heavy atom. The Balaban J connectivity index is 2.28. The molecule has 0 aromatic heterocycles. The lowest BCUT2D eigenvalue weighted by Crippen LogP contribution is -2.34. The van der Waals surface area contributed by atoms with E-state index in [1.54, 1.807) is 7.11 Å². The first kappa shape index (κ1) is 18.2. The molecule has 0 heterocycles. The molecular formula is C23H24O3. The van der Waals surface area contributed by atoms with Crippen LogP contribution in [0.3, 0.4) is 0 Å². The molecule has 0 aliphatic carbocycles. The van der Waals surface area contributed by atoms with E-state index in [0.717, 1.165) is 22.4 Å². The van der Waals surface area contributed by atoms with Crippen molar-refractivity contribution >= 4 is 0 Å². The van der Waals surface area contributed by atoms with Crippen molar-refractivity contribution in [2.24, 2.45) is 0 Å². The zero-order valence-electron chi connectivity index (χ0n) is 15.0. The van der Waals surface area contributed by atoms with E-state index in [1.807, 2.05) is 60.7 Å². The average Bonchev–Trinajstić information content (AvgIpc) is 2.73. The van der Waals surface area contributed by atoms with Gasteiger partial charge in [0.05, 0.1) is 13.7 Å². The van der Waals surface area contributed by atoms with Gasteiger partial charge in [0.25, 0.3) is 0 Å². The quantitative estimate of drug-likeness (QED) is 0.485. The fourth-order valence-electron chi connectivity index (χ4n) is 3.29. The smallest absolute Gasteiger partial charge is 0.147 e. The highest BCUT2D eigenvalue weighted by molar-refractivity contribution is 5.52. The zero-order valence-corrected chi connectivity index (χ0v) is 15.0. The maximum atomic E-state index is 9.27. The van der Waals surface area contributed by atoms with E-state index in [-0.39, 0.29) is 6.61 Å². The molecule has 26 heavy (non-hydrogen) atoms. The predicted octanol–water partition coefficient (Wildman–Crippen LogP) is 4.39. The van der Waals surface area contributed by atoms with Gasteiger partial charge in [-0.25, -0.2) is 0 Å². The molecule has 0 unspecified atom stereocenters. The third kappa shape index (κ3) is 3.50. The second kappa shape index (κ2) is 8.65. The molecule has 0 spiro atoms. The topological polar surface area (TPSA) is 38.7 Å². The lowest BCUT2D eigenvalue weighted by molar-refractivity contribution is 0.00454. The molecule has 3 nitrogen and oxygen atoms in total. The Morgan fingerprint density at radius 3 is 1.85 bits per heavy atom. The van der Waals surface area contributed by atoms with Crippen LogP contribution in [-0.4, -0.2) is 25.4 Å². The van der Waals surface area contributed by atoms with Crippen LogP contribution in [0.15, 0.2) is 84.9 Å². The summed E-state index contributed by atoms with van der Waals surface area (Å²) < 4.78 is 12.2. The Hall–Kier alpha value is -2.62. The summed E-state index contributed by atoms with van der Waals surface area (Å²) in [6.45, 7) is 0.518. The molecule has 0 saturated carbocycles. The number of rotatable bonds is 8. The van der Waals surface area contributed by atoms with E-state index < -0.39 is 5.60 Å². The van der Waals surface area contributed by atoms with Crippen LogP contribution in [0.2, 0.25) is 0 Å². The van der Waals surface area contributed by atoms with Crippen LogP contribution in [0.4, 0.5) is 0 Å². The van der Waals surface area contributed by atoms with Crippen LogP contribution in [0.5, 0.6) is 5.75 Å². The van der Waals surface area contributed by atoms with Gasteiger partial charge in [-0.2, -0.15) is 0 Å². The molecule has 0 radical (unpaired) electrons. The van der Waals surface area contributed by atoms with Crippen molar-refractivity contribution in [3.63, 3.8) is 0 Å². The van der Waals surface area contributed by atoms with E-state index in [2.05, 4.69) is 24.3 Å². The maximum absolute atomic E-state index is 9.27. The molecule has 3 aromatic carbocycles. The molecule has 0 bridgehead atoms. The summed E-state index contributed by atoms with van der Waals surface area (Å²) in [5.41, 5.74) is 2.17. The van der Waals surface area contributed by atoms with Crippen molar-refractivity contribution in [3.05, 3.63) is 102 Å². The van der Waals surface area contributed by atoms with Crippen LogP contribution < -0.4 is 4.74 Å². The highest BCUT2D eigenvalue weighted by Crippen LogP contribution is 2.44. The summed E-state index contributed by atoms with van der Waals surface area (Å²) in [6.07, 6.45) is 0.566. The van der Waals surface area contributed by atoms with Gasteiger partial charge in [-0.15, -0.1) is 0 Å². The largest absolute Gasteiger partial charge is 0.496 e. The van der Waals surface area contributed by atoms with Crippen molar-refractivity contribution in [1.82, 2.24) is 0 Å². The highest BCUT2D eigenvalue weighted by Gasteiger charge is 2.39. The lowest BCUT2D eigenvalue weighted by atomic mass is 9.79. The van der Waals surface area contributed by atoms with Gasteiger partial charge < -0.3 is 14.6 Å². The second-order valence-electron chi connectivity index (χ2n) is 6.04. The molecule has 0 saturated heterocycles. The number of aliphatic hydroxyl groups is 1. The van der Waals surface area contributed by atoms with Crippen LogP contribution in [0.1, 0.15) is 23.1 Å². The van der Waals surface area contributed by atoms with Crippen LogP contribution >= 0.6 is 0 Å². The summed E-state index contributed by atoms with van der Waals surface area (Å²) in [4.78, 5) is 0. The third-order valence-electron chi connectivity index (χ3n) is 4.47. The Kier molecular flexibility index (Phi) is 6.05. The zero-order chi connectivity index (χ0) is 18.2. The van der Waals surface area contributed by atoms with Gasteiger partial charge in [0.15, 0.2) is 0 Å². The molecule has 1 N–H and O–H groups in total. The number of para-hydroxylation sites is 1. The van der Waals surface area contributed by atoms with E-state index in [0.29, 0.717) is 13.0 Å². The number of aliphatic hydroxyl groups excluding tert-OH is 1. The van der Waals surface area contributed by atoms with E-state index in [9.17, 15) is 5.11 Å². The first-order valence-corrected chi connectivity index (χ1v) is 8.82. The van der Waals surface area contributed by atoms with Crippen molar-refractivity contribution in [2.75, 3.05) is 20.3 Å². The van der Waals surface area contributed by atoms with E-state index >= 15 is 0 Å².